The molecule has 0 radical (unpaired) electrons. The van der Waals surface area contributed by atoms with Gasteiger partial charge in [0.25, 0.3) is 0 Å². The molecule has 0 aliphatic heterocycles. The van der Waals surface area contributed by atoms with E-state index in [1.54, 1.807) is 0 Å². The molecule has 0 saturated heterocycles. The molecule has 0 atom stereocenters. The van der Waals surface area contributed by atoms with Crippen LogP contribution in [0, 0.1) is 5.41 Å². The molecule has 0 unspecified atom stereocenters. The third kappa shape index (κ3) is 3.56. The lowest BCUT2D eigenvalue weighted by Crippen LogP contribution is -2.40. The summed E-state index contributed by atoms with van der Waals surface area (Å²) in [6.45, 7) is 4.62. The van der Waals surface area contributed by atoms with Gasteiger partial charge in [0.05, 0.1) is 6.10 Å². The van der Waals surface area contributed by atoms with E-state index in [1.807, 2.05) is 13.8 Å². The molecular formula is C13H25NO2. The first kappa shape index (κ1) is 13.7. The molecule has 0 aromatic carbocycles. The highest BCUT2D eigenvalue weighted by atomic mass is 16.5. The molecule has 0 aromatic rings. The van der Waals surface area contributed by atoms with Crippen LogP contribution in [0.25, 0.3) is 0 Å². The summed E-state index contributed by atoms with van der Waals surface area (Å²) in [6, 6.07) is 0. The zero-order valence-electron chi connectivity index (χ0n) is 10.6. The van der Waals surface area contributed by atoms with Crippen LogP contribution in [0.4, 0.5) is 0 Å². The molecule has 0 heterocycles. The maximum Gasteiger partial charge on any atom is 0.165 e. The zero-order valence-corrected chi connectivity index (χ0v) is 10.6. The molecule has 94 valence electrons. The minimum atomic E-state index is -0.286. The highest BCUT2D eigenvalue weighted by Gasteiger charge is 2.36. The largest absolute Gasteiger partial charge is 0.371 e. The van der Waals surface area contributed by atoms with E-state index in [0.717, 1.165) is 25.7 Å². The molecular weight excluding hydrogens is 202 g/mol. The topological polar surface area (TPSA) is 52.3 Å². The third-order valence-corrected chi connectivity index (χ3v) is 3.59. The Morgan fingerprint density at radius 2 is 1.81 bits per heavy atom. The molecule has 0 spiro atoms. The van der Waals surface area contributed by atoms with E-state index in [1.165, 1.54) is 12.8 Å². The van der Waals surface area contributed by atoms with Gasteiger partial charge in [-0.25, -0.2) is 0 Å². The molecule has 0 bridgehead atoms. The fourth-order valence-electron chi connectivity index (χ4n) is 2.40. The molecule has 1 fully saturated rings. The van der Waals surface area contributed by atoms with Crippen molar-refractivity contribution in [2.24, 2.45) is 11.1 Å². The summed E-state index contributed by atoms with van der Waals surface area (Å²) < 4.78 is 5.42. The number of Topliss-reactive ketones (excluding diaryl/α,β-unsaturated/α-hetero) is 1. The van der Waals surface area contributed by atoms with Crippen LogP contribution in [0.2, 0.25) is 0 Å². The lowest BCUT2D eigenvalue weighted by Gasteiger charge is -2.29. The summed E-state index contributed by atoms with van der Waals surface area (Å²) in [6.07, 6.45) is 6.74. The minimum absolute atomic E-state index is 0.115. The van der Waals surface area contributed by atoms with Crippen LogP contribution in [0.15, 0.2) is 0 Å². The Morgan fingerprint density at radius 3 is 2.25 bits per heavy atom. The van der Waals surface area contributed by atoms with Crippen molar-refractivity contribution in [3.05, 3.63) is 0 Å². The summed E-state index contributed by atoms with van der Waals surface area (Å²) in [5, 5.41) is 0. The summed E-state index contributed by atoms with van der Waals surface area (Å²) >= 11 is 0. The lowest BCUT2D eigenvalue weighted by molar-refractivity contribution is -0.135. The average molecular weight is 227 g/mol. The smallest absolute Gasteiger partial charge is 0.165 e. The highest BCUT2D eigenvalue weighted by Crippen LogP contribution is 2.35. The molecule has 3 heteroatoms. The van der Waals surface area contributed by atoms with Crippen LogP contribution in [0.5, 0.6) is 0 Å². The first-order chi connectivity index (χ1) is 7.60. The SMILES string of the molecule is CC(C)OCC(=O)C1(CN)CCCCCC1. The Bertz CT molecular complexity index is 218. The number of rotatable bonds is 5. The number of carbonyl (C=O) groups is 1. The number of carbonyl (C=O) groups excluding carboxylic acids is 1. The number of ether oxygens (including phenoxy) is 1. The van der Waals surface area contributed by atoms with Gasteiger partial charge in [-0.2, -0.15) is 0 Å². The van der Waals surface area contributed by atoms with Gasteiger partial charge in [-0.3, -0.25) is 4.79 Å². The van der Waals surface area contributed by atoms with Crippen molar-refractivity contribution in [1.82, 2.24) is 0 Å². The van der Waals surface area contributed by atoms with Gasteiger partial charge < -0.3 is 10.5 Å². The van der Waals surface area contributed by atoms with Crippen molar-refractivity contribution in [2.75, 3.05) is 13.2 Å². The van der Waals surface area contributed by atoms with Gasteiger partial charge in [-0.05, 0) is 26.7 Å². The molecule has 0 aromatic heterocycles. The number of hydrogen-bond acceptors (Lipinski definition) is 3. The second-order valence-electron chi connectivity index (χ2n) is 5.18. The van der Waals surface area contributed by atoms with Gasteiger partial charge in [-0.15, -0.1) is 0 Å². The second-order valence-corrected chi connectivity index (χ2v) is 5.18. The fraction of sp³-hybridized carbons (Fsp3) is 0.923. The predicted molar refractivity (Wildman–Crippen MR) is 65.3 cm³/mol. The van der Waals surface area contributed by atoms with E-state index in [9.17, 15) is 4.79 Å². The summed E-state index contributed by atoms with van der Waals surface area (Å²) in [5.41, 5.74) is 5.55. The molecule has 2 N–H and O–H groups in total. The van der Waals surface area contributed by atoms with Crippen LogP contribution in [0.3, 0.4) is 0 Å². The highest BCUT2D eigenvalue weighted by molar-refractivity contribution is 5.86. The van der Waals surface area contributed by atoms with Crippen molar-refractivity contribution in [3.8, 4) is 0 Å². The summed E-state index contributed by atoms with van der Waals surface area (Å²) in [4.78, 5) is 12.2. The van der Waals surface area contributed by atoms with Crippen LogP contribution in [0.1, 0.15) is 52.4 Å². The first-order valence-electron chi connectivity index (χ1n) is 6.46. The van der Waals surface area contributed by atoms with Crippen molar-refractivity contribution >= 4 is 5.78 Å². The van der Waals surface area contributed by atoms with Crippen LogP contribution in [-0.4, -0.2) is 25.0 Å². The number of nitrogens with two attached hydrogens (primary N) is 1. The molecule has 1 saturated carbocycles. The number of hydrogen-bond donors (Lipinski definition) is 1. The van der Waals surface area contributed by atoms with E-state index in [4.69, 9.17) is 10.5 Å². The fourth-order valence-corrected chi connectivity index (χ4v) is 2.40. The second kappa shape index (κ2) is 6.36. The van der Waals surface area contributed by atoms with Crippen molar-refractivity contribution in [1.29, 1.82) is 0 Å². The quantitative estimate of drug-likeness (QED) is 0.733. The summed E-state index contributed by atoms with van der Waals surface area (Å²) in [5.74, 6) is 0.214. The van der Waals surface area contributed by atoms with E-state index in [0.29, 0.717) is 6.54 Å². The van der Waals surface area contributed by atoms with Crippen molar-refractivity contribution < 1.29 is 9.53 Å². The Balaban J connectivity index is 2.58. The third-order valence-electron chi connectivity index (χ3n) is 3.59. The molecule has 16 heavy (non-hydrogen) atoms. The van der Waals surface area contributed by atoms with E-state index in [2.05, 4.69) is 0 Å². The van der Waals surface area contributed by atoms with Gasteiger partial charge in [0, 0.05) is 12.0 Å². The Hall–Kier alpha value is -0.410. The molecule has 1 rings (SSSR count). The van der Waals surface area contributed by atoms with Crippen LogP contribution in [-0.2, 0) is 9.53 Å². The number of ketones is 1. The van der Waals surface area contributed by atoms with Crippen molar-refractivity contribution in [3.63, 3.8) is 0 Å². The molecule has 0 amide bonds. The van der Waals surface area contributed by atoms with Crippen LogP contribution < -0.4 is 5.73 Å². The molecule has 3 nitrogen and oxygen atoms in total. The maximum atomic E-state index is 12.2. The van der Waals surface area contributed by atoms with E-state index >= 15 is 0 Å². The lowest BCUT2D eigenvalue weighted by atomic mass is 9.77. The predicted octanol–water partition coefficient (Wildman–Crippen LogP) is 2.28. The zero-order chi connectivity index (χ0) is 12.0. The minimum Gasteiger partial charge on any atom is -0.371 e. The first-order valence-corrected chi connectivity index (χ1v) is 6.46. The Kier molecular flexibility index (Phi) is 5.42. The van der Waals surface area contributed by atoms with Crippen molar-refractivity contribution in [2.45, 2.75) is 58.5 Å². The van der Waals surface area contributed by atoms with Gasteiger partial charge >= 0.3 is 0 Å². The summed E-state index contributed by atoms with van der Waals surface area (Å²) in [7, 11) is 0. The van der Waals surface area contributed by atoms with Gasteiger partial charge in [0.1, 0.15) is 6.61 Å². The normalized spacial score (nSPS) is 20.8. The van der Waals surface area contributed by atoms with Gasteiger partial charge in [-0.1, -0.05) is 25.7 Å². The molecule has 1 aliphatic carbocycles. The Labute approximate surface area is 98.7 Å². The maximum absolute atomic E-state index is 12.2. The van der Waals surface area contributed by atoms with E-state index in [-0.39, 0.29) is 23.9 Å². The average Bonchev–Trinajstić information content (AvgIpc) is 2.51. The van der Waals surface area contributed by atoms with Crippen LogP contribution >= 0.6 is 0 Å². The van der Waals surface area contributed by atoms with E-state index < -0.39 is 0 Å². The monoisotopic (exact) mass is 227 g/mol. The standard InChI is InChI=1S/C13H25NO2/c1-11(2)16-9-12(15)13(10-14)7-5-3-4-6-8-13/h11H,3-10,14H2,1-2H3. The Morgan fingerprint density at radius 1 is 1.25 bits per heavy atom. The molecule has 1 aliphatic rings. The van der Waals surface area contributed by atoms with Gasteiger partial charge in [0.15, 0.2) is 5.78 Å². The van der Waals surface area contributed by atoms with Gasteiger partial charge in [0.2, 0.25) is 0 Å².